The molecule has 2 aliphatic rings. The lowest BCUT2D eigenvalue weighted by Crippen LogP contribution is -2.63. The largest absolute Gasteiger partial charge is 0.480 e. The van der Waals surface area contributed by atoms with Gasteiger partial charge in [0.1, 0.15) is 5.54 Å². The van der Waals surface area contributed by atoms with Crippen LogP contribution in [0, 0.1) is 0 Å². The summed E-state index contributed by atoms with van der Waals surface area (Å²) in [6, 6.07) is 0. The summed E-state index contributed by atoms with van der Waals surface area (Å²) in [5.41, 5.74) is -0.605. The first-order chi connectivity index (χ1) is 8.69. The van der Waals surface area contributed by atoms with E-state index in [1.54, 1.807) is 0 Å². The molecule has 0 amide bonds. The van der Waals surface area contributed by atoms with Gasteiger partial charge in [-0.05, 0) is 25.8 Å². The summed E-state index contributed by atoms with van der Waals surface area (Å²) in [6.45, 7) is 8.66. The first-order valence-corrected chi connectivity index (χ1v) is 7.10. The quantitative estimate of drug-likeness (QED) is 0.753. The van der Waals surface area contributed by atoms with Crippen LogP contribution < -0.4 is 5.32 Å². The number of hydrogen-bond donors (Lipinski definition) is 2. The van der Waals surface area contributed by atoms with Gasteiger partial charge in [-0.3, -0.25) is 9.69 Å². The lowest BCUT2D eigenvalue weighted by molar-refractivity contribution is -0.156. The lowest BCUT2D eigenvalue weighted by atomic mass is 9.85. The minimum Gasteiger partial charge on any atom is -0.480 e. The number of carboxylic acids is 1. The van der Waals surface area contributed by atoms with Crippen LogP contribution in [-0.2, 0) is 4.79 Å². The number of carbonyl (C=O) groups is 1. The Hall–Kier alpha value is -0.650. The monoisotopic (exact) mass is 255 g/mol. The van der Waals surface area contributed by atoms with Crippen molar-refractivity contribution in [2.24, 2.45) is 0 Å². The number of rotatable bonds is 4. The Morgan fingerprint density at radius 2 is 1.83 bits per heavy atom. The third-order valence-corrected chi connectivity index (χ3v) is 4.34. The topological polar surface area (TPSA) is 55.8 Å². The average molecular weight is 255 g/mol. The van der Waals surface area contributed by atoms with Crippen LogP contribution in [0.1, 0.15) is 26.2 Å². The van der Waals surface area contributed by atoms with E-state index in [4.69, 9.17) is 0 Å². The molecule has 0 atom stereocenters. The summed E-state index contributed by atoms with van der Waals surface area (Å²) < 4.78 is 0. The number of hydrogen-bond acceptors (Lipinski definition) is 4. The Kier molecular flexibility index (Phi) is 4.59. The highest BCUT2D eigenvalue weighted by Crippen LogP contribution is 2.29. The summed E-state index contributed by atoms with van der Waals surface area (Å²) in [7, 11) is 0. The molecule has 104 valence electrons. The minimum absolute atomic E-state index is 0.605. The second-order valence-corrected chi connectivity index (χ2v) is 5.42. The van der Waals surface area contributed by atoms with Crippen molar-refractivity contribution < 1.29 is 9.90 Å². The van der Waals surface area contributed by atoms with Gasteiger partial charge in [-0.15, -0.1) is 0 Å². The van der Waals surface area contributed by atoms with E-state index in [0.29, 0.717) is 0 Å². The Bertz CT molecular complexity index is 282. The maximum absolute atomic E-state index is 11.8. The zero-order valence-corrected chi connectivity index (χ0v) is 11.3. The Balaban J connectivity index is 2.02. The maximum Gasteiger partial charge on any atom is 0.324 e. The van der Waals surface area contributed by atoms with E-state index in [1.165, 1.54) is 0 Å². The van der Waals surface area contributed by atoms with Crippen molar-refractivity contribution in [3.63, 3.8) is 0 Å². The zero-order chi connectivity index (χ0) is 13.0. The highest BCUT2D eigenvalue weighted by molar-refractivity contribution is 5.79. The standard InChI is InChI=1S/C13H25N3O2/c1-2-7-15-8-3-13(4-9-15,12(17)18)16-10-5-14-6-11-16/h14H,2-11H2,1H3,(H,17,18). The van der Waals surface area contributed by atoms with Crippen LogP contribution in [0.15, 0.2) is 0 Å². The van der Waals surface area contributed by atoms with Crippen molar-refractivity contribution in [2.75, 3.05) is 45.8 Å². The van der Waals surface area contributed by atoms with Crippen molar-refractivity contribution in [3.8, 4) is 0 Å². The summed E-state index contributed by atoms with van der Waals surface area (Å²) in [5.74, 6) is -0.624. The summed E-state index contributed by atoms with van der Waals surface area (Å²) in [6.07, 6.45) is 2.68. The molecule has 2 rings (SSSR count). The van der Waals surface area contributed by atoms with Crippen LogP contribution >= 0.6 is 0 Å². The fraction of sp³-hybridized carbons (Fsp3) is 0.923. The minimum atomic E-state index is -0.624. The Labute approximate surface area is 109 Å². The van der Waals surface area contributed by atoms with Crippen LogP contribution in [0.4, 0.5) is 0 Å². The SMILES string of the molecule is CCCN1CCC(C(=O)O)(N2CCNCC2)CC1. The molecule has 0 bridgehead atoms. The molecule has 0 aromatic carbocycles. The van der Waals surface area contributed by atoms with E-state index < -0.39 is 11.5 Å². The van der Waals surface area contributed by atoms with E-state index in [9.17, 15) is 9.90 Å². The number of carboxylic acid groups (broad SMARTS) is 1. The lowest BCUT2D eigenvalue weighted by Gasteiger charge is -2.47. The summed E-state index contributed by atoms with van der Waals surface area (Å²) in [4.78, 5) is 16.3. The molecule has 2 N–H and O–H groups in total. The van der Waals surface area contributed by atoms with Gasteiger partial charge in [0.05, 0.1) is 0 Å². The molecule has 2 fully saturated rings. The number of piperidine rings is 1. The fourth-order valence-electron chi connectivity index (χ4n) is 3.22. The van der Waals surface area contributed by atoms with Crippen molar-refractivity contribution in [1.82, 2.24) is 15.1 Å². The molecule has 0 aliphatic carbocycles. The van der Waals surface area contributed by atoms with Gasteiger partial charge in [-0.2, -0.15) is 0 Å². The molecule has 18 heavy (non-hydrogen) atoms. The molecule has 0 aromatic rings. The van der Waals surface area contributed by atoms with Gasteiger partial charge >= 0.3 is 5.97 Å². The third kappa shape index (κ3) is 2.68. The first kappa shape index (κ1) is 13.8. The Morgan fingerprint density at radius 3 is 2.33 bits per heavy atom. The molecule has 0 unspecified atom stereocenters. The molecule has 2 aliphatic heterocycles. The van der Waals surface area contributed by atoms with Crippen LogP contribution in [0.25, 0.3) is 0 Å². The van der Waals surface area contributed by atoms with Crippen LogP contribution in [0.2, 0.25) is 0 Å². The summed E-state index contributed by atoms with van der Waals surface area (Å²) >= 11 is 0. The molecule has 0 saturated carbocycles. The van der Waals surface area contributed by atoms with E-state index in [1.807, 2.05) is 0 Å². The predicted octanol–water partition coefficient (Wildman–Crippen LogP) is 0.221. The average Bonchev–Trinajstić information content (AvgIpc) is 2.41. The second-order valence-electron chi connectivity index (χ2n) is 5.42. The van der Waals surface area contributed by atoms with Crippen molar-refractivity contribution in [2.45, 2.75) is 31.7 Å². The molecule has 2 saturated heterocycles. The van der Waals surface area contributed by atoms with E-state index in [2.05, 4.69) is 22.0 Å². The van der Waals surface area contributed by atoms with Crippen LogP contribution in [0.3, 0.4) is 0 Å². The predicted molar refractivity (Wildman–Crippen MR) is 70.8 cm³/mol. The molecular weight excluding hydrogens is 230 g/mol. The maximum atomic E-state index is 11.8. The van der Waals surface area contributed by atoms with E-state index >= 15 is 0 Å². The first-order valence-electron chi connectivity index (χ1n) is 7.10. The van der Waals surface area contributed by atoms with Crippen molar-refractivity contribution in [3.05, 3.63) is 0 Å². The molecule has 0 aromatic heterocycles. The number of likely N-dealkylation sites (tertiary alicyclic amines) is 1. The molecule has 5 heteroatoms. The van der Waals surface area contributed by atoms with Gasteiger partial charge in [0.25, 0.3) is 0 Å². The number of piperazine rings is 1. The molecule has 0 radical (unpaired) electrons. The number of nitrogens with one attached hydrogen (secondary N) is 1. The van der Waals surface area contributed by atoms with Crippen LogP contribution in [-0.4, -0.2) is 72.2 Å². The Morgan fingerprint density at radius 1 is 1.22 bits per heavy atom. The van der Waals surface area contributed by atoms with Gasteiger partial charge in [0.2, 0.25) is 0 Å². The van der Waals surface area contributed by atoms with Gasteiger partial charge in [-0.25, -0.2) is 0 Å². The highest BCUT2D eigenvalue weighted by atomic mass is 16.4. The molecule has 5 nitrogen and oxygen atoms in total. The molecule has 0 spiro atoms. The van der Waals surface area contributed by atoms with Crippen LogP contribution in [0.5, 0.6) is 0 Å². The zero-order valence-electron chi connectivity index (χ0n) is 11.3. The number of nitrogens with zero attached hydrogens (tertiary/aromatic N) is 2. The van der Waals surface area contributed by atoms with Gasteiger partial charge < -0.3 is 15.3 Å². The number of aliphatic carboxylic acids is 1. The van der Waals surface area contributed by atoms with Crippen molar-refractivity contribution in [1.29, 1.82) is 0 Å². The fourth-order valence-corrected chi connectivity index (χ4v) is 3.22. The molecular formula is C13H25N3O2. The second kappa shape index (κ2) is 5.99. The summed E-state index contributed by atoms with van der Waals surface area (Å²) in [5, 5.41) is 13.0. The highest BCUT2D eigenvalue weighted by Gasteiger charge is 2.46. The molecule has 2 heterocycles. The normalized spacial score (nSPS) is 26.1. The van der Waals surface area contributed by atoms with Gasteiger partial charge in [0, 0.05) is 39.3 Å². The van der Waals surface area contributed by atoms with E-state index in [-0.39, 0.29) is 0 Å². The third-order valence-electron chi connectivity index (χ3n) is 4.34. The van der Waals surface area contributed by atoms with Crippen molar-refractivity contribution >= 4 is 5.97 Å². The van der Waals surface area contributed by atoms with Gasteiger partial charge in [-0.1, -0.05) is 6.92 Å². The van der Waals surface area contributed by atoms with E-state index in [0.717, 1.165) is 65.1 Å². The smallest absolute Gasteiger partial charge is 0.324 e. The van der Waals surface area contributed by atoms with Gasteiger partial charge in [0.15, 0.2) is 0 Å².